The molecule has 0 spiro atoms. The van der Waals surface area contributed by atoms with Gasteiger partial charge in [-0.2, -0.15) is 0 Å². The first-order valence-electron chi connectivity index (χ1n) is 4.14. The molecular weight excluding hydrogens is 146 g/mol. The monoisotopic (exact) mass is 165 g/mol. The average molecular weight is 165 g/mol. The van der Waals surface area contributed by atoms with Crippen LogP contribution in [0.3, 0.4) is 0 Å². The Bertz CT molecular complexity index is 214. The van der Waals surface area contributed by atoms with E-state index in [-0.39, 0.29) is 5.41 Å². The molecule has 0 aromatic rings. The molecule has 0 saturated carbocycles. The Balaban J connectivity index is 4.29. The van der Waals surface area contributed by atoms with Gasteiger partial charge in [-0.25, -0.2) is 0 Å². The van der Waals surface area contributed by atoms with Gasteiger partial charge in [-0.15, -0.1) is 0 Å². The molecule has 0 rings (SSSR count). The van der Waals surface area contributed by atoms with E-state index in [9.17, 15) is 0 Å². The predicted octanol–water partition coefficient (Wildman–Crippen LogP) is 3.01. The molecule has 0 aliphatic rings. The zero-order chi connectivity index (χ0) is 9.78. The highest BCUT2D eigenvalue weighted by Gasteiger charge is 2.10. The molecule has 0 heterocycles. The van der Waals surface area contributed by atoms with E-state index in [1.165, 1.54) is 5.57 Å². The molecule has 12 heavy (non-hydrogen) atoms. The molecule has 0 aliphatic carbocycles. The maximum absolute atomic E-state index is 5.38. The van der Waals surface area contributed by atoms with Crippen molar-refractivity contribution in [2.24, 2.45) is 11.1 Å². The van der Waals surface area contributed by atoms with Gasteiger partial charge >= 0.3 is 0 Å². The third kappa shape index (κ3) is 4.78. The SMILES string of the molecule is C=C(N)/C=C\C=C(/C)C(C)(C)C. The lowest BCUT2D eigenvalue weighted by Gasteiger charge is -2.18. The summed E-state index contributed by atoms with van der Waals surface area (Å²) in [7, 11) is 0. The molecule has 0 radical (unpaired) electrons. The van der Waals surface area contributed by atoms with Crippen molar-refractivity contribution in [1.82, 2.24) is 0 Å². The number of allylic oxidation sites excluding steroid dienone is 4. The van der Waals surface area contributed by atoms with Crippen molar-refractivity contribution in [1.29, 1.82) is 0 Å². The summed E-state index contributed by atoms with van der Waals surface area (Å²) >= 11 is 0. The Morgan fingerprint density at radius 2 is 1.83 bits per heavy atom. The summed E-state index contributed by atoms with van der Waals surface area (Å²) < 4.78 is 0. The number of hydrogen-bond acceptors (Lipinski definition) is 1. The summed E-state index contributed by atoms with van der Waals surface area (Å²) in [5, 5.41) is 0. The Morgan fingerprint density at radius 3 is 2.17 bits per heavy atom. The molecule has 68 valence electrons. The highest BCUT2D eigenvalue weighted by molar-refractivity contribution is 5.21. The lowest BCUT2D eigenvalue weighted by Crippen LogP contribution is -2.05. The molecule has 0 amide bonds. The number of nitrogens with two attached hydrogens (primary N) is 1. The molecule has 0 saturated heterocycles. The standard InChI is InChI=1S/C11H19N/c1-9(11(3,4)5)7-6-8-10(2)12/h6-8H,2,12H2,1,3-5H3/b8-6-,9-7+. The molecule has 1 heteroatoms. The molecule has 0 aliphatic heterocycles. The number of hydrogen-bond donors (Lipinski definition) is 1. The van der Waals surface area contributed by atoms with Crippen LogP contribution in [-0.2, 0) is 0 Å². The molecule has 2 N–H and O–H groups in total. The van der Waals surface area contributed by atoms with Crippen molar-refractivity contribution in [2.45, 2.75) is 27.7 Å². The first-order valence-corrected chi connectivity index (χ1v) is 4.14. The third-order valence-corrected chi connectivity index (χ3v) is 1.84. The van der Waals surface area contributed by atoms with Gasteiger partial charge in [0.25, 0.3) is 0 Å². The van der Waals surface area contributed by atoms with Gasteiger partial charge in [-0.3, -0.25) is 0 Å². The molecule has 0 fully saturated rings. The Labute approximate surface area is 75.7 Å². The maximum atomic E-state index is 5.38. The van der Waals surface area contributed by atoms with Crippen LogP contribution < -0.4 is 5.73 Å². The van der Waals surface area contributed by atoms with Crippen LogP contribution in [0.1, 0.15) is 27.7 Å². The van der Waals surface area contributed by atoms with E-state index in [1.54, 1.807) is 6.08 Å². The van der Waals surface area contributed by atoms with Gasteiger partial charge in [0.2, 0.25) is 0 Å². The predicted molar refractivity (Wildman–Crippen MR) is 55.7 cm³/mol. The van der Waals surface area contributed by atoms with Gasteiger partial charge < -0.3 is 5.73 Å². The minimum absolute atomic E-state index is 0.236. The van der Waals surface area contributed by atoms with Crippen LogP contribution in [0.25, 0.3) is 0 Å². The summed E-state index contributed by atoms with van der Waals surface area (Å²) in [5.74, 6) is 0. The molecule has 0 bridgehead atoms. The van der Waals surface area contributed by atoms with Gasteiger partial charge in [0.1, 0.15) is 0 Å². The summed E-state index contributed by atoms with van der Waals surface area (Å²) in [4.78, 5) is 0. The van der Waals surface area contributed by atoms with E-state index in [2.05, 4.69) is 40.3 Å². The molecule has 1 nitrogen and oxygen atoms in total. The molecule has 0 aromatic heterocycles. The van der Waals surface area contributed by atoms with E-state index in [0.29, 0.717) is 5.70 Å². The summed E-state index contributed by atoms with van der Waals surface area (Å²) in [6, 6.07) is 0. The van der Waals surface area contributed by atoms with Gasteiger partial charge in [0, 0.05) is 5.70 Å². The van der Waals surface area contributed by atoms with E-state index < -0.39 is 0 Å². The average Bonchev–Trinajstić information content (AvgIpc) is 1.84. The lowest BCUT2D eigenvalue weighted by atomic mass is 9.87. The van der Waals surface area contributed by atoms with Crippen LogP contribution >= 0.6 is 0 Å². The normalized spacial score (nSPS) is 13.8. The molecule has 0 unspecified atom stereocenters. The second-order valence-electron chi connectivity index (χ2n) is 4.03. The highest BCUT2D eigenvalue weighted by Crippen LogP contribution is 2.23. The molecular formula is C11H19N. The fourth-order valence-corrected chi connectivity index (χ4v) is 0.566. The molecule has 0 aromatic carbocycles. The third-order valence-electron chi connectivity index (χ3n) is 1.84. The van der Waals surface area contributed by atoms with Crippen molar-refractivity contribution in [2.75, 3.05) is 0 Å². The largest absolute Gasteiger partial charge is 0.399 e. The van der Waals surface area contributed by atoms with Gasteiger partial charge in [0.05, 0.1) is 0 Å². The Hall–Kier alpha value is -0.980. The second-order valence-corrected chi connectivity index (χ2v) is 4.03. The van der Waals surface area contributed by atoms with Crippen molar-refractivity contribution < 1.29 is 0 Å². The van der Waals surface area contributed by atoms with Crippen LogP contribution in [0.15, 0.2) is 36.1 Å². The minimum atomic E-state index is 0.236. The number of rotatable bonds is 2. The fourth-order valence-electron chi connectivity index (χ4n) is 0.566. The van der Waals surface area contributed by atoms with Crippen LogP contribution in [0.2, 0.25) is 0 Å². The zero-order valence-corrected chi connectivity index (χ0v) is 8.52. The minimum Gasteiger partial charge on any atom is -0.399 e. The van der Waals surface area contributed by atoms with Gasteiger partial charge in [-0.05, 0) is 18.4 Å². The first-order chi connectivity index (χ1) is 5.34. The summed E-state index contributed by atoms with van der Waals surface area (Å²) in [5.41, 5.74) is 7.54. The van der Waals surface area contributed by atoms with Crippen molar-refractivity contribution in [3.05, 3.63) is 36.1 Å². The maximum Gasteiger partial charge on any atom is 0.0240 e. The van der Waals surface area contributed by atoms with Crippen molar-refractivity contribution >= 4 is 0 Å². The fraction of sp³-hybridized carbons (Fsp3) is 0.455. The van der Waals surface area contributed by atoms with E-state index in [1.807, 2.05) is 6.08 Å². The Kier molecular flexibility index (Phi) is 3.81. The van der Waals surface area contributed by atoms with E-state index >= 15 is 0 Å². The topological polar surface area (TPSA) is 26.0 Å². The first kappa shape index (κ1) is 11.0. The van der Waals surface area contributed by atoms with Crippen LogP contribution in [0, 0.1) is 5.41 Å². The Morgan fingerprint density at radius 1 is 1.33 bits per heavy atom. The quantitative estimate of drug-likeness (QED) is 0.625. The molecule has 0 atom stereocenters. The van der Waals surface area contributed by atoms with E-state index in [4.69, 9.17) is 5.73 Å². The van der Waals surface area contributed by atoms with Gasteiger partial charge in [0.15, 0.2) is 0 Å². The van der Waals surface area contributed by atoms with Crippen LogP contribution in [0.5, 0.6) is 0 Å². The smallest absolute Gasteiger partial charge is 0.0240 e. The van der Waals surface area contributed by atoms with E-state index in [0.717, 1.165) is 0 Å². The highest BCUT2D eigenvalue weighted by atomic mass is 14.5. The van der Waals surface area contributed by atoms with Gasteiger partial charge in [-0.1, -0.05) is 45.1 Å². The van der Waals surface area contributed by atoms with Crippen molar-refractivity contribution in [3.63, 3.8) is 0 Å². The second kappa shape index (κ2) is 4.15. The van der Waals surface area contributed by atoms with Crippen LogP contribution in [-0.4, -0.2) is 0 Å². The lowest BCUT2D eigenvalue weighted by molar-refractivity contribution is 0.504. The van der Waals surface area contributed by atoms with Crippen LogP contribution in [0.4, 0.5) is 0 Å². The van der Waals surface area contributed by atoms with Crippen molar-refractivity contribution in [3.8, 4) is 0 Å². The summed E-state index contributed by atoms with van der Waals surface area (Å²) in [6.45, 7) is 12.2. The zero-order valence-electron chi connectivity index (χ0n) is 8.52. The summed E-state index contributed by atoms with van der Waals surface area (Å²) in [6.07, 6.45) is 5.80.